The summed E-state index contributed by atoms with van der Waals surface area (Å²) < 4.78 is 22.7. The number of carbonyl (C=O) groups excluding carboxylic acids is 1. The van der Waals surface area contributed by atoms with Crippen molar-refractivity contribution < 1.29 is 18.3 Å². The van der Waals surface area contributed by atoms with Crippen LogP contribution in [0.15, 0.2) is 53.4 Å². The molecule has 0 saturated heterocycles. The van der Waals surface area contributed by atoms with Crippen LogP contribution in [0.2, 0.25) is 0 Å². The van der Waals surface area contributed by atoms with Gasteiger partial charge in [-0.05, 0) is 48.4 Å². The number of carbonyl (C=O) groups is 1. The number of phenols is 1. The van der Waals surface area contributed by atoms with Crippen LogP contribution in [0.3, 0.4) is 0 Å². The zero-order chi connectivity index (χ0) is 16.9. The lowest BCUT2D eigenvalue weighted by molar-refractivity contribution is 0.252. The smallest absolute Gasteiger partial charge is 0.319 e. The summed E-state index contributed by atoms with van der Waals surface area (Å²) in [6.45, 7) is 0.442. The molecule has 0 spiro atoms. The van der Waals surface area contributed by atoms with Crippen LogP contribution in [0.25, 0.3) is 0 Å². The number of sulfone groups is 1. The molecule has 0 heterocycles. The topological polar surface area (TPSA) is 95.5 Å². The molecule has 0 bridgehead atoms. The predicted octanol–water partition coefficient (Wildman–Crippen LogP) is 2.16. The maximum absolute atomic E-state index is 11.8. The van der Waals surface area contributed by atoms with Crippen molar-refractivity contribution >= 4 is 21.6 Å². The van der Waals surface area contributed by atoms with Crippen molar-refractivity contribution in [1.82, 2.24) is 5.32 Å². The van der Waals surface area contributed by atoms with Crippen molar-refractivity contribution in [2.24, 2.45) is 0 Å². The van der Waals surface area contributed by atoms with E-state index in [2.05, 4.69) is 10.6 Å². The first-order valence-corrected chi connectivity index (χ1v) is 8.86. The van der Waals surface area contributed by atoms with E-state index in [0.717, 1.165) is 11.8 Å². The van der Waals surface area contributed by atoms with Crippen LogP contribution in [-0.2, 0) is 16.3 Å². The van der Waals surface area contributed by atoms with Gasteiger partial charge in [-0.2, -0.15) is 0 Å². The second kappa shape index (κ2) is 7.15. The van der Waals surface area contributed by atoms with Crippen molar-refractivity contribution in [3.8, 4) is 5.75 Å². The molecule has 6 nitrogen and oxygen atoms in total. The Morgan fingerprint density at radius 1 is 1.04 bits per heavy atom. The highest BCUT2D eigenvalue weighted by molar-refractivity contribution is 7.90. The number of hydrogen-bond donors (Lipinski definition) is 3. The summed E-state index contributed by atoms with van der Waals surface area (Å²) in [6, 6.07) is 12.4. The lowest BCUT2D eigenvalue weighted by atomic mass is 10.1. The Labute approximate surface area is 135 Å². The number of anilines is 1. The Hall–Kier alpha value is -2.54. The molecule has 0 saturated carbocycles. The van der Waals surface area contributed by atoms with Gasteiger partial charge >= 0.3 is 6.03 Å². The van der Waals surface area contributed by atoms with E-state index in [1.807, 2.05) is 0 Å². The van der Waals surface area contributed by atoms with Crippen molar-refractivity contribution in [2.75, 3.05) is 18.1 Å². The van der Waals surface area contributed by atoms with E-state index < -0.39 is 9.84 Å². The Morgan fingerprint density at radius 3 is 2.22 bits per heavy atom. The van der Waals surface area contributed by atoms with Crippen molar-refractivity contribution in [3.63, 3.8) is 0 Å². The normalized spacial score (nSPS) is 11.0. The molecule has 0 atom stereocenters. The number of phenolic OH excluding ortho intramolecular Hbond substituents is 1. The highest BCUT2D eigenvalue weighted by Gasteiger charge is 2.07. The second-order valence-corrected chi connectivity index (χ2v) is 7.11. The van der Waals surface area contributed by atoms with E-state index in [9.17, 15) is 18.3 Å². The van der Waals surface area contributed by atoms with Crippen LogP contribution in [0.4, 0.5) is 10.5 Å². The molecule has 0 fully saturated rings. The minimum atomic E-state index is -3.24. The van der Waals surface area contributed by atoms with Gasteiger partial charge in [0.05, 0.1) is 4.90 Å². The third kappa shape index (κ3) is 5.30. The van der Waals surface area contributed by atoms with E-state index in [-0.39, 0.29) is 16.7 Å². The fourth-order valence-corrected chi connectivity index (χ4v) is 2.57. The number of amides is 2. The predicted molar refractivity (Wildman–Crippen MR) is 88.4 cm³/mol. The van der Waals surface area contributed by atoms with Crippen LogP contribution in [0.5, 0.6) is 5.75 Å². The van der Waals surface area contributed by atoms with Gasteiger partial charge in [0.15, 0.2) is 9.84 Å². The average molecular weight is 334 g/mol. The fraction of sp³-hybridized carbons (Fsp3) is 0.188. The molecule has 0 unspecified atom stereocenters. The quantitative estimate of drug-likeness (QED) is 0.781. The van der Waals surface area contributed by atoms with E-state index in [1.54, 1.807) is 24.3 Å². The number of aromatic hydroxyl groups is 1. The minimum Gasteiger partial charge on any atom is -0.508 e. The first-order chi connectivity index (χ1) is 10.8. The standard InChI is InChI=1S/C16H18N2O4S/c1-23(21,22)15-8-4-13(5-9-15)18-16(20)17-11-10-12-2-6-14(19)7-3-12/h2-9,19H,10-11H2,1H3,(H2,17,18,20). The maximum Gasteiger partial charge on any atom is 0.319 e. The van der Waals surface area contributed by atoms with Gasteiger partial charge in [0.1, 0.15) is 5.75 Å². The lowest BCUT2D eigenvalue weighted by Crippen LogP contribution is -2.30. The highest BCUT2D eigenvalue weighted by atomic mass is 32.2. The van der Waals surface area contributed by atoms with Crippen LogP contribution in [0.1, 0.15) is 5.56 Å². The van der Waals surface area contributed by atoms with Gasteiger partial charge < -0.3 is 15.7 Å². The van der Waals surface area contributed by atoms with E-state index in [1.165, 1.54) is 24.3 Å². The summed E-state index contributed by atoms with van der Waals surface area (Å²) in [6.07, 6.45) is 1.77. The van der Waals surface area contributed by atoms with Crippen molar-refractivity contribution in [3.05, 3.63) is 54.1 Å². The first-order valence-electron chi connectivity index (χ1n) is 6.97. The number of hydrogen-bond acceptors (Lipinski definition) is 4. The zero-order valence-corrected chi connectivity index (χ0v) is 13.4. The lowest BCUT2D eigenvalue weighted by Gasteiger charge is -2.08. The molecule has 7 heteroatoms. The Morgan fingerprint density at radius 2 is 1.65 bits per heavy atom. The van der Waals surface area contributed by atoms with Gasteiger partial charge in [-0.1, -0.05) is 12.1 Å². The largest absolute Gasteiger partial charge is 0.508 e. The average Bonchev–Trinajstić information content (AvgIpc) is 2.49. The number of rotatable bonds is 5. The molecule has 2 amide bonds. The van der Waals surface area contributed by atoms with Gasteiger partial charge in [-0.25, -0.2) is 13.2 Å². The van der Waals surface area contributed by atoms with Gasteiger partial charge in [-0.3, -0.25) is 0 Å². The van der Waals surface area contributed by atoms with E-state index in [0.29, 0.717) is 18.7 Å². The minimum absolute atomic E-state index is 0.204. The molecule has 0 aliphatic heterocycles. The Balaban J connectivity index is 1.81. The van der Waals surface area contributed by atoms with Gasteiger partial charge in [0, 0.05) is 18.5 Å². The Bertz CT molecular complexity index is 769. The Kier molecular flexibility index (Phi) is 5.23. The number of benzene rings is 2. The molecule has 0 aromatic heterocycles. The number of urea groups is 1. The van der Waals surface area contributed by atoms with Crippen LogP contribution < -0.4 is 10.6 Å². The molecule has 2 aromatic rings. The molecule has 0 radical (unpaired) electrons. The van der Waals surface area contributed by atoms with Gasteiger partial charge in [0.25, 0.3) is 0 Å². The maximum atomic E-state index is 11.8. The molecule has 122 valence electrons. The highest BCUT2D eigenvalue weighted by Crippen LogP contribution is 2.13. The molecule has 2 aromatic carbocycles. The number of nitrogens with one attached hydrogen (secondary N) is 2. The van der Waals surface area contributed by atoms with E-state index >= 15 is 0 Å². The summed E-state index contributed by atoms with van der Waals surface area (Å²) >= 11 is 0. The van der Waals surface area contributed by atoms with E-state index in [4.69, 9.17) is 0 Å². The summed E-state index contributed by atoms with van der Waals surface area (Å²) in [5.41, 5.74) is 1.51. The van der Waals surface area contributed by atoms with Gasteiger partial charge in [-0.15, -0.1) is 0 Å². The monoisotopic (exact) mass is 334 g/mol. The van der Waals surface area contributed by atoms with Crippen molar-refractivity contribution in [1.29, 1.82) is 0 Å². The van der Waals surface area contributed by atoms with Crippen LogP contribution >= 0.6 is 0 Å². The fourth-order valence-electron chi connectivity index (χ4n) is 1.94. The molecular weight excluding hydrogens is 316 g/mol. The summed E-state index contributed by atoms with van der Waals surface area (Å²) in [7, 11) is -3.24. The van der Waals surface area contributed by atoms with Gasteiger partial charge in [0.2, 0.25) is 0 Å². The third-order valence-electron chi connectivity index (χ3n) is 3.18. The molecule has 23 heavy (non-hydrogen) atoms. The molecular formula is C16H18N2O4S. The third-order valence-corrected chi connectivity index (χ3v) is 4.30. The second-order valence-electron chi connectivity index (χ2n) is 5.09. The van der Waals surface area contributed by atoms with Crippen molar-refractivity contribution in [2.45, 2.75) is 11.3 Å². The zero-order valence-electron chi connectivity index (χ0n) is 12.6. The van der Waals surface area contributed by atoms with Crippen LogP contribution in [-0.4, -0.2) is 32.4 Å². The molecule has 2 rings (SSSR count). The molecule has 0 aliphatic carbocycles. The molecule has 0 aliphatic rings. The summed E-state index contributed by atoms with van der Waals surface area (Å²) in [5, 5.41) is 14.5. The summed E-state index contributed by atoms with van der Waals surface area (Å²) in [5.74, 6) is 0.206. The molecule has 3 N–H and O–H groups in total. The SMILES string of the molecule is CS(=O)(=O)c1ccc(NC(=O)NCCc2ccc(O)cc2)cc1. The first kappa shape index (κ1) is 16.8. The van der Waals surface area contributed by atoms with Crippen LogP contribution in [0, 0.1) is 0 Å². The summed E-state index contributed by atoms with van der Waals surface area (Å²) in [4.78, 5) is 12.0.